The van der Waals surface area contributed by atoms with Crippen LogP contribution in [0.3, 0.4) is 0 Å². The number of benzene rings is 1. The van der Waals surface area contributed by atoms with E-state index in [9.17, 15) is 10.2 Å². The smallest absolute Gasteiger partial charge is 0.217 e. The van der Waals surface area contributed by atoms with E-state index in [0.717, 1.165) is 17.5 Å². The Morgan fingerprint density at radius 1 is 1.00 bits per heavy atom. The Bertz CT molecular complexity index is 747. The first-order valence-electron chi connectivity index (χ1n) is 6.63. The SMILES string of the molecule is Oc1c2c(c(O)n1Nc1ccc(Cl)c(Cl)c1)[C@H]1C=C[C@@H]2C1. The van der Waals surface area contributed by atoms with Gasteiger partial charge in [0, 0.05) is 23.0 Å². The monoisotopic (exact) mass is 322 g/mol. The quantitative estimate of drug-likeness (QED) is 0.725. The molecule has 6 heteroatoms. The zero-order valence-electron chi connectivity index (χ0n) is 10.8. The Balaban J connectivity index is 1.76. The number of rotatable bonds is 2. The van der Waals surface area contributed by atoms with Crippen molar-refractivity contribution in [3.05, 3.63) is 51.5 Å². The first-order valence-corrected chi connectivity index (χ1v) is 7.38. The van der Waals surface area contributed by atoms with Gasteiger partial charge < -0.3 is 10.2 Å². The molecule has 1 aromatic carbocycles. The van der Waals surface area contributed by atoms with Gasteiger partial charge in [-0.25, -0.2) is 0 Å². The summed E-state index contributed by atoms with van der Waals surface area (Å²) < 4.78 is 1.29. The third-order valence-corrected chi connectivity index (χ3v) is 4.92. The van der Waals surface area contributed by atoms with Gasteiger partial charge in [0.15, 0.2) is 0 Å². The van der Waals surface area contributed by atoms with Gasteiger partial charge in [0.1, 0.15) is 0 Å². The summed E-state index contributed by atoms with van der Waals surface area (Å²) in [6.45, 7) is 0. The van der Waals surface area contributed by atoms with Crippen molar-refractivity contribution in [1.82, 2.24) is 4.68 Å². The molecule has 2 aliphatic carbocycles. The average molecular weight is 323 g/mol. The molecule has 2 aliphatic rings. The van der Waals surface area contributed by atoms with Crippen molar-refractivity contribution >= 4 is 28.9 Å². The van der Waals surface area contributed by atoms with Crippen molar-refractivity contribution in [2.45, 2.75) is 18.3 Å². The molecule has 4 nitrogen and oxygen atoms in total. The maximum absolute atomic E-state index is 10.4. The van der Waals surface area contributed by atoms with Crippen LogP contribution < -0.4 is 5.43 Å². The Morgan fingerprint density at radius 3 is 2.19 bits per heavy atom. The molecule has 0 fully saturated rings. The molecule has 2 atom stereocenters. The summed E-state index contributed by atoms with van der Waals surface area (Å²) in [7, 11) is 0. The molecule has 3 N–H and O–H groups in total. The van der Waals surface area contributed by atoms with Crippen LogP contribution in [0, 0.1) is 0 Å². The fourth-order valence-corrected chi connectivity index (χ4v) is 3.54. The predicted molar refractivity (Wildman–Crippen MR) is 82.5 cm³/mol. The lowest BCUT2D eigenvalue weighted by Crippen LogP contribution is -2.08. The summed E-state index contributed by atoms with van der Waals surface area (Å²) >= 11 is 11.9. The maximum Gasteiger partial charge on any atom is 0.217 e. The minimum Gasteiger partial charge on any atom is -0.493 e. The number of aromatic hydroxyl groups is 2. The van der Waals surface area contributed by atoms with Crippen LogP contribution in [0.2, 0.25) is 10.0 Å². The molecule has 0 saturated carbocycles. The number of anilines is 1. The second-order valence-electron chi connectivity index (χ2n) is 5.38. The molecule has 2 aromatic rings. The average Bonchev–Trinajstić information content (AvgIpc) is 3.12. The van der Waals surface area contributed by atoms with Crippen molar-refractivity contribution in [2.24, 2.45) is 0 Å². The van der Waals surface area contributed by atoms with E-state index < -0.39 is 0 Å². The van der Waals surface area contributed by atoms with Crippen LogP contribution in [0.15, 0.2) is 30.4 Å². The van der Waals surface area contributed by atoms with Crippen LogP contribution >= 0.6 is 23.2 Å². The van der Waals surface area contributed by atoms with Crippen molar-refractivity contribution in [1.29, 1.82) is 0 Å². The van der Waals surface area contributed by atoms with Crippen molar-refractivity contribution in [2.75, 3.05) is 5.43 Å². The minimum absolute atomic E-state index is 0.0467. The molecule has 0 amide bonds. The summed E-state index contributed by atoms with van der Waals surface area (Å²) in [5.74, 6) is 0.469. The van der Waals surface area contributed by atoms with Crippen LogP contribution in [0.25, 0.3) is 0 Å². The van der Waals surface area contributed by atoms with E-state index in [1.165, 1.54) is 4.68 Å². The molecule has 108 valence electrons. The topological polar surface area (TPSA) is 57.4 Å². The first kappa shape index (κ1) is 12.9. The zero-order chi connectivity index (χ0) is 14.7. The normalized spacial score (nSPS) is 21.8. The number of hydrogen-bond acceptors (Lipinski definition) is 3. The summed E-state index contributed by atoms with van der Waals surface area (Å²) in [6.07, 6.45) is 5.09. The lowest BCUT2D eigenvalue weighted by atomic mass is 10.0. The molecule has 1 heterocycles. The number of nitrogens with zero attached hydrogens (tertiary/aromatic N) is 1. The van der Waals surface area contributed by atoms with E-state index in [1.54, 1.807) is 18.2 Å². The summed E-state index contributed by atoms with van der Waals surface area (Å²) in [6, 6.07) is 5.02. The number of hydrogen-bond donors (Lipinski definition) is 3. The largest absolute Gasteiger partial charge is 0.493 e. The first-order chi connectivity index (χ1) is 10.1. The van der Waals surface area contributed by atoms with Gasteiger partial charge in [0.2, 0.25) is 11.8 Å². The standard InChI is InChI=1S/C15H12Cl2N2O2/c16-10-4-3-9(6-11(10)17)18-19-14(20)12-7-1-2-8(5-7)13(12)15(19)21/h1-4,6-8,18,20-21H,5H2/t7-,8+. The van der Waals surface area contributed by atoms with E-state index in [2.05, 4.69) is 17.6 Å². The van der Waals surface area contributed by atoms with Gasteiger partial charge in [-0.1, -0.05) is 35.4 Å². The van der Waals surface area contributed by atoms with E-state index >= 15 is 0 Å². The molecule has 21 heavy (non-hydrogen) atoms. The van der Waals surface area contributed by atoms with Crippen molar-refractivity contribution in [3.8, 4) is 11.8 Å². The fraction of sp³-hybridized carbons (Fsp3) is 0.200. The number of aromatic nitrogens is 1. The highest BCUT2D eigenvalue weighted by Crippen LogP contribution is 2.56. The molecule has 1 aromatic heterocycles. The van der Waals surface area contributed by atoms with Crippen LogP contribution in [0.1, 0.15) is 29.4 Å². The summed E-state index contributed by atoms with van der Waals surface area (Å²) in [5.41, 5.74) is 5.21. The number of allylic oxidation sites excluding steroid dienone is 2. The van der Waals surface area contributed by atoms with Gasteiger partial charge in [0.05, 0.1) is 15.7 Å². The van der Waals surface area contributed by atoms with Crippen LogP contribution in [0.5, 0.6) is 11.8 Å². The Kier molecular flexibility index (Phi) is 2.68. The van der Waals surface area contributed by atoms with Gasteiger partial charge >= 0.3 is 0 Å². The van der Waals surface area contributed by atoms with Crippen molar-refractivity contribution < 1.29 is 10.2 Å². The predicted octanol–water partition coefficient (Wildman–Crippen LogP) is 4.22. The van der Waals surface area contributed by atoms with Crippen molar-refractivity contribution in [3.63, 3.8) is 0 Å². The third kappa shape index (κ3) is 1.76. The van der Waals surface area contributed by atoms with E-state index in [-0.39, 0.29) is 23.6 Å². The maximum atomic E-state index is 10.4. The second-order valence-corrected chi connectivity index (χ2v) is 6.20. The minimum atomic E-state index is 0.0467. The third-order valence-electron chi connectivity index (χ3n) is 4.18. The van der Waals surface area contributed by atoms with Gasteiger partial charge in [-0.05, 0) is 24.6 Å². The van der Waals surface area contributed by atoms with Crippen LogP contribution in [0.4, 0.5) is 5.69 Å². The molecule has 2 bridgehead atoms. The van der Waals surface area contributed by atoms with Gasteiger partial charge in [-0.3, -0.25) is 5.43 Å². The number of halogens is 2. The molecule has 4 rings (SSSR count). The lowest BCUT2D eigenvalue weighted by molar-refractivity contribution is 0.386. The van der Waals surface area contributed by atoms with E-state index in [0.29, 0.717) is 15.7 Å². The molecule has 0 saturated heterocycles. The molecule has 0 unspecified atom stereocenters. The highest BCUT2D eigenvalue weighted by atomic mass is 35.5. The molecular formula is C15H12Cl2N2O2. The second kappa shape index (κ2) is 4.36. The highest BCUT2D eigenvalue weighted by molar-refractivity contribution is 6.42. The molecule has 0 radical (unpaired) electrons. The summed E-state index contributed by atoms with van der Waals surface area (Å²) in [5, 5.41) is 21.6. The molecule has 0 spiro atoms. The Hall–Kier alpha value is -1.78. The van der Waals surface area contributed by atoms with E-state index in [1.807, 2.05) is 0 Å². The van der Waals surface area contributed by atoms with E-state index in [4.69, 9.17) is 23.2 Å². The molecular weight excluding hydrogens is 311 g/mol. The van der Waals surface area contributed by atoms with Crippen LogP contribution in [-0.4, -0.2) is 14.9 Å². The number of nitrogens with one attached hydrogen (secondary N) is 1. The van der Waals surface area contributed by atoms with Gasteiger partial charge in [-0.15, -0.1) is 0 Å². The number of fused-ring (bicyclic) bond motifs is 5. The Labute approximate surface area is 131 Å². The van der Waals surface area contributed by atoms with Crippen LogP contribution in [-0.2, 0) is 0 Å². The Morgan fingerprint density at radius 2 is 1.62 bits per heavy atom. The molecule has 0 aliphatic heterocycles. The zero-order valence-corrected chi connectivity index (χ0v) is 12.4. The summed E-state index contributed by atoms with van der Waals surface area (Å²) in [4.78, 5) is 0. The lowest BCUT2D eigenvalue weighted by Gasteiger charge is -2.12. The van der Waals surface area contributed by atoms with Gasteiger partial charge in [0.25, 0.3) is 0 Å². The fourth-order valence-electron chi connectivity index (χ4n) is 3.24. The van der Waals surface area contributed by atoms with Gasteiger partial charge in [-0.2, -0.15) is 4.68 Å². The highest BCUT2D eigenvalue weighted by Gasteiger charge is 2.41.